The van der Waals surface area contributed by atoms with Gasteiger partial charge in [-0.25, -0.2) is 4.79 Å². The third-order valence-corrected chi connectivity index (χ3v) is 4.48. The molecule has 0 aromatic carbocycles. The Kier molecular flexibility index (Phi) is 10.0. The lowest BCUT2D eigenvalue weighted by atomic mass is 9.94. The molecule has 1 unspecified atom stereocenters. The Morgan fingerprint density at radius 3 is 2.38 bits per heavy atom. The minimum Gasteiger partial charge on any atom is -0.450 e. The molecular formula is C18H33N3O5. The van der Waals surface area contributed by atoms with Crippen molar-refractivity contribution in [3.63, 3.8) is 0 Å². The van der Waals surface area contributed by atoms with Crippen LogP contribution in [0.3, 0.4) is 0 Å². The maximum atomic E-state index is 12.7. The van der Waals surface area contributed by atoms with Crippen LogP contribution in [-0.2, 0) is 19.1 Å². The summed E-state index contributed by atoms with van der Waals surface area (Å²) in [6, 6.07) is -0.617. The second kappa shape index (κ2) is 11.7. The normalized spacial score (nSPS) is 16.3. The highest BCUT2D eigenvalue weighted by Crippen LogP contribution is 2.19. The third kappa shape index (κ3) is 7.19. The number of amides is 3. The van der Waals surface area contributed by atoms with Crippen LogP contribution in [0.1, 0.15) is 40.0 Å². The monoisotopic (exact) mass is 371 g/mol. The molecule has 26 heavy (non-hydrogen) atoms. The minimum atomic E-state index is -0.617. The first-order valence-electron chi connectivity index (χ1n) is 9.39. The van der Waals surface area contributed by atoms with Gasteiger partial charge in [-0.2, -0.15) is 0 Å². The number of alkyl carbamates (subject to hydrolysis) is 1. The number of likely N-dealkylation sites (tertiary alicyclic amines) is 1. The fourth-order valence-corrected chi connectivity index (χ4v) is 2.94. The van der Waals surface area contributed by atoms with E-state index in [0.29, 0.717) is 39.1 Å². The number of hydrogen-bond donors (Lipinski definition) is 2. The molecule has 0 saturated carbocycles. The van der Waals surface area contributed by atoms with Crippen LogP contribution in [0.2, 0.25) is 0 Å². The number of carbonyl (C=O) groups excluding carboxylic acids is 3. The lowest BCUT2D eigenvalue weighted by Gasteiger charge is -2.34. The standard InChI is InChI=1S/C18H33N3O5/c1-5-26-18(24)20-15(13(2)3)17(23)21-10-7-14(8-11-21)16(22)19-9-6-12-25-4/h13-15H,5-12H2,1-4H3,(H,19,22)(H,20,24). The van der Waals surface area contributed by atoms with E-state index in [1.165, 1.54) is 0 Å². The summed E-state index contributed by atoms with van der Waals surface area (Å²) in [4.78, 5) is 38.3. The Hall–Kier alpha value is -1.83. The number of ether oxygens (including phenoxy) is 2. The van der Waals surface area contributed by atoms with Gasteiger partial charge in [0.05, 0.1) is 6.61 Å². The molecular weight excluding hydrogens is 338 g/mol. The summed E-state index contributed by atoms with van der Waals surface area (Å²) in [6.45, 7) is 8.00. The Labute approximate surface area is 156 Å². The van der Waals surface area contributed by atoms with E-state index < -0.39 is 12.1 Å². The summed E-state index contributed by atoms with van der Waals surface area (Å²) in [5.74, 6) is -0.198. The molecule has 1 aliphatic rings. The van der Waals surface area contributed by atoms with Crippen LogP contribution in [0.15, 0.2) is 0 Å². The smallest absolute Gasteiger partial charge is 0.407 e. The number of nitrogens with one attached hydrogen (secondary N) is 2. The van der Waals surface area contributed by atoms with E-state index >= 15 is 0 Å². The fourth-order valence-electron chi connectivity index (χ4n) is 2.94. The molecule has 0 spiro atoms. The van der Waals surface area contributed by atoms with Gasteiger partial charge >= 0.3 is 6.09 Å². The van der Waals surface area contributed by atoms with Crippen molar-refractivity contribution in [1.82, 2.24) is 15.5 Å². The average Bonchev–Trinajstić information content (AvgIpc) is 2.62. The molecule has 2 N–H and O–H groups in total. The highest BCUT2D eigenvalue weighted by Gasteiger charge is 2.33. The Morgan fingerprint density at radius 2 is 1.85 bits per heavy atom. The van der Waals surface area contributed by atoms with Crippen molar-refractivity contribution in [2.24, 2.45) is 11.8 Å². The van der Waals surface area contributed by atoms with Crippen LogP contribution >= 0.6 is 0 Å². The highest BCUT2D eigenvalue weighted by molar-refractivity contribution is 5.86. The molecule has 3 amide bonds. The van der Waals surface area contributed by atoms with Gasteiger partial charge in [-0.15, -0.1) is 0 Å². The van der Waals surface area contributed by atoms with E-state index in [0.717, 1.165) is 6.42 Å². The van der Waals surface area contributed by atoms with Gasteiger partial charge in [0.1, 0.15) is 6.04 Å². The van der Waals surface area contributed by atoms with Gasteiger partial charge in [-0.3, -0.25) is 9.59 Å². The zero-order chi connectivity index (χ0) is 19.5. The molecule has 1 saturated heterocycles. The molecule has 0 aliphatic carbocycles. The zero-order valence-electron chi connectivity index (χ0n) is 16.4. The molecule has 150 valence electrons. The van der Waals surface area contributed by atoms with Gasteiger partial charge in [0.25, 0.3) is 0 Å². The molecule has 1 rings (SSSR count). The van der Waals surface area contributed by atoms with Gasteiger partial charge in [0.15, 0.2) is 0 Å². The number of rotatable bonds is 9. The molecule has 8 nitrogen and oxygen atoms in total. The van der Waals surface area contributed by atoms with Crippen LogP contribution in [0, 0.1) is 11.8 Å². The topological polar surface area (TPSA) is 97.0 Å². The molecule has 0 radical (unpaired) electrons. The molecule has 8 heteroatoms. The second-order valence-corrected chi connectivity index (χ2v) is 6.82. The van der Waals surface area contributed by atoms with Crippen LogP contribution in [0.4, 0.5) is 4.79 Å². The number of methoxy groups -OCH3 is 1. The largest absolute Gasteiger partial charge is 0.450 e. The highest BCUT2D eigenvalue weighted by atomic mass is 16.5. The SMILES string of the molecule is CCOC(=O)NC(C(=O)N1CCC(C(=O)NCCCOC)CC1)C(C)C. The van der Waals surface area contributed by atoms with Gasteiger partial charge in [0.2, 0.25) is 11.8 Å². The average molecular weight is 371 g/mol. The van der Waals surface area contributed by atoms with E-state index in [1.54, 1.807) is 18.9 Å². The Bertz CT molecular complexity index is 462. The van der Waals surface area contributed by atoms with Crippen LogP contribution in [-0.4, -0.2) is 68.8 Å². The summed E-state index contributed by atoms with van der Waals surface area (Å²) >= 11 is 0. The summed E-state index contributed by atoms with van der Waals surface area (Å²) in [5, 5.41) is 5.56. The van der Waals surface area contributed by atoms with Crippen LogP contribution < -0.4 is 10.6 Å². The summed E-state index contributed by atoms with van der Waals surface area (Å²) in [6.07, 6.45) is 1.47. The molecule has 1 fully saturated rings. The van der Waals surface area contributed by atoms with Crippen LogP contribution in [0.25, 0.3) is 0 Å². The first kappa shape index (κ1) is 22.2. The van der Waals surface area contributed by atoms with Crippen LogP contribution in [0.5, 0.6) is 0 Å². The molecule has 0 aromatic heterocycles. The quantitative estimate of drug-likeness (QED) is 0.593. The van der Waals surface area contributed by atoms with Gasteiger partial charge < -0.3 is 25.0 Å². The Morgan fingerprint density at radius 1 is 1.19 bits per heavy atom. The maximum absolute atomic E-state index is 12.7. The van der Waals surface area contributed by atoms with E-state index in [2.05, 4.69) is 10.6 Å². The predicted octanol–water partition coefficient (Wildman–Crippen LogP) is 1.15. The predicted molar refractivity (Wildman–Crippen MR) is 97.6 cm³/mol. The van der Waals surface area contributed by atoms with Gasteiger partial charge in [-0.05, 0) is 32.1 Å². The van der Waals surface area contributed by atoms with E-state index in [4.69, 9.17) is 9.47 Å². The van der Waals surface area contributed by atoms with E-state index in [9.17, 15) is 14.4 Å². The lowest BCUT2D eigenvalue weighted by molar-refractivity contribution is -0.138. The molecule has 1 heterocycles. The lowest BCUT2D eigenvalue weighted by Crippen LogP contribution is -2.53. The van der Waals surface area contributed by atoms with Crippen molar-refractivity contribution in [2.45, 2.75) is 46.1 Å². The summed E-state index contributed by atoms with van der Waals surface area (Å²) in [5.41, 5.74) is 0. The minimum absolute atomic E-state index is 0.0401. The fraction of sp³-hybridized carbons (Fsp3) is 0.833. The van der Waals surface area contributed by atoms with Crippen molar-refractivity contribution in [1.29, 1.82) is 0 Å². The van der Waals surface area contributed by atoms with E-state index in [-0.39, 0.29) is 30.3 Å². The Balaban J connectivity index is 2.47. The summed E-state index contributed by atoms with van der Waals surface area (Å²) in [7, 11) is 1.63. The second-order valence-electron chi connectivity index (χ2n) is 6.82. The molecule has 0 bridgehead atoms. The van der Waals surface area contributed by atoms with Crippen molar-refractivity contribution in [3.05, 3.63) is 0 Å². The maximum Gasteiger partial charge on any atom is 0.407 e. The molecule has 1 atom stereocenters. The number of hydrogen-bond acceptors (Lipinski definition) is 5. The van der Waals surface area contributed by atoms with Crippen molar-refractivity contribution in [3.8, 4) is 0 Å². The molecule has 1 aliphatic heterocycles. The zero-order valence-corrected chi connectivity index (χ0v) is 16.4. The first-order chi connectivity index (χ1) is 12.4. The first-order valence-corrected chi connectivity index (χ1v) is 9.39. The number of nitrogens with zero attached hydrogens (tertiary/aromatic N) is 1. The number of piperidine rings is 1. The molecule has 0 aromatic rings. The van der Waals surface area contributed by atoms with Crippen molar-refractivity contribution < 1.29 is 23.9 Å². The van der Waals surface area contributed by atoms with Crippen molar-refractivity contribution >= 4 is 17.9 Å². The van der Waals surface area contributed by atoms with Gasteiger partial charge in [-0.1, -0.05) is 13.8 Å². The summed E-state index contributed by atoms with van der Waals surface area (Å²) < 4.78 is 9.84. The third-order valence-electron chi connectivity index (χ3n) is 4.48. The number of carbonyl (C=O) groups is 3. The van der Waals surface area contributed by atoms with Crippen molar-refractivity contribution in [2.75, 3.05) is 40.0 Å². The van der Waals surface area contributed by atoms with E-state index in [1.807, 2.05) is 13.8 Å². The van der Waals surface area contributed by atoms with Gasteiger partial charge in [0, 0.05) is 39.3 Å².